The van der Waals surface area contributed by atoms with Crippen LogP contribution in [0.15, 0.2) is 22.7 Å². The molecule has 0 saturated carbocycles. The molecule has 1 aromatic rings. The zero-order valence-electron chi connectivity index (χ0n) is 9.81. The number of ether oxygens (including phenoxy) is 1. The van der Waals surface area contributed by atoms with Crippen molar-refractivity contribution in [2.75, 3.05) is 13.2 Å². The number of benzene rings is 1. The molecule has 0 aliphatic heterocycles. The lowest BCUT2D eigenvalue weighted by Crippen LogP contribution is -2.38. The minimum Gasteiger partial charge on any atom is -0.491 e. The lowest BCUT2D eigenvalue weighted by molar-refractivity contribution is 0.291. The van der Waals surface area contributed by atoms with Crippen molar-refractivity contribution in [1.82, 2.24) is 5.32 Å². The van der Waals surface area contributed by atoms with Crippen LogP contribution in [0.1, 0.15) is 20.8 Å². The summed E-state index contributed by atoms with van der Waals surface area (Å²) in [5.74, 6) is 0.723. The molecule has 0 fully saturated rings. The number of nitrogens with one attached hydrogen (secondary N) is 1. The van der Waals surface area contributed by atoms with Gasteiger partial charge < -0.3 is 10.1 Å². The fourth-order valence-electron chi connectivity index (χ4n) is 1.18. The number of rotatable bonds is 4. The van der Waals surface area contributed by atoms with Crippen LogP contribution in [0.3, 0.4) is 0 Å². The van der Waals surface area contributed by atoms with Crippen molar-refractivity contribution in [3.63, 3.8) is 0 Å². The van der Waals surface area contributed by atoms with E-state index in [0.717, 1.165) is 16.8 Å². The molecule has 0 amide bonds. The summed E-state index contributed by atoms with van der Waals surface area (Å²) in [6.45, 7) is 7.79. The molecule has 0 aliphatic rings. The highest BCUT2D eigenvalue weighted by atomic mass is 79.9. The molecule has 0 heterocycles. The topological polar surface area (TPSA) is 21.3 Å². The lowest BCUT2D eigenvalue weighted by Gasteiger charge is -2.20. The predicted molar refractivity (Wildman–Crippen MR) is 72.4 cm³/mol. The predicted octanol–water partition coefficient (Wildman–Crippen LogP) is 3.87. The molecule has 1 N–H and O–H groups in total. The van der Waals surface area contributed by atoms with E-state index in [2.05, 4.69) is 42.0 Å². The second-order valence-electron chi connectivity index (χ2n) is 4.60. The summed E-state index contributed by atoms with van der Waals surface area (Å²) in [5.41, 5.74) is 0.118. The summed E-state index contributed by atoms with van der Waals surface area (Å²) >= 11 is 9.37. The highest BCUT2D eigenvalue weighted by Gasteiger charge is 2.08. The molecular weight excluding hydrogens is 289 g/mol. The Labute approximate surface area is 110 Å². The van der Waals surface area contributed by atoms with Crippen LogP contribution in [0.2, 0.25) is 5.02 Å². The second kappa shape index (κ2) is 5.89. The van der Waals surface area contributed by atoms with Crippen molar-refractivity contribution in [2.45, 2.75) is 26.3 Å². The quantitative estimate of drug-likeness (QED) is 0.853. The Balaban J connectivity index is 2.38. The molecule has 0 aromatic heterocycles. The van der Waals surface area contributed by atoms with Gasteiger partial charge in [-0.25, -0.2) is 0 Å². The molecule has 4 heteroatoms. The minimum absolute atomic E-state index is 0.118. The summed E-state index contributed by atoms with van der Waals surface area (Å²) in [6.07, 6.45) is 0. The van der Waals surface area contributed by atoms with E-state index >= 15 is 0 Å². The standard InChI is InChI=1S/C12H17BrClNO/c1-12(2,3)15-6-7-16-11-5-4-9(13)8-10(11)14/h4-5,8,15H,6-7H2,1-3H3. The smallest absolute Gasteiger partial charge is 0.138 e. The van der Waals surface area contributed by atoms with Gasteiger partial charge in [-0.3, -0.25) is 0 Å². The fourth-order valence-corrected chi connectivity index (χ4v) is 1.91. The van der Waals surface area contributed by atoms with Gasteiger partial charge in [0.05, 0.1) is 5.02 Å². The summed E-state index contributed by atoms with van der Waals surface area (Å²) in [5, 5.41) is 3.98. The van der Waals surface area contributed by atoms with Crippen LogP contribution in [0, 0.1) is 0 Å². The normalized spacial score (nSPS) is 11.6. The summed E-state index contributed by atoms with van der Waals surface area (Å²) in [4.78, 5) is 0. The molecule has 0 unspecified atom stereocenters. The largest absolute Gasteiger partial charge is 0.491 e. The first-order valence-electron chi connectivity index (χ1n) is 5.21. The van der Waals surface area contributed by atoms with Gasteiger partial charge in [0.25, 0.3) is 0 Å². The molecule has 1 aromatic carbocycles. The zero-order valence-corrected chi connectivity index (χ0v) is 12.2. The third-order valence-corrected chi connectivity index (χ3v) is 2.70. The van der Waals surface area contributed by atoms with E-state index in [1.165, 1.54) is 0 Å². The zero-order chi connectivity index (χ0) is 12.2. The van der Waals surface area contributed by atoms with Gasteiger partial charge in [-0.2, -0.15) is 0 Å². The van der Waals surface area contributed by atoms with Crippen LogP contribution in [0.4, 0.5) is 0 Å². The van der Waals surface area contributed by atoms with E-state index < -0.39 is 0 Å². The SMILES string of the molecule is CC(C)(C)NCCOc1ccc(Br)cc1Cl. The summed E-state index contributed by atoms with van der Waals surface area (Å²) in [6, 6.07) is 5.61. The van der Waals surface area contributed by atoms with Crippen molar-refractivity contribution >= 4 is 27.5 Å². The van der Waals surface area contributed by atoms with Crippen LogP contribution >= 0.6 is 27.5 Å². The van der Waals surface area contributed by atoms with Crippen LogP contribution in [0.25, 0.3) is 0 Å². The molecule has 0 atom stereocenters. The highest BCUT2D eigenvalue weighted by molar-refractivity contribution is 9.10. The second-order valence-corrected chi connectivity index (χ2v) is 5.92. The summed E-state index contributed by atoms with van der Waals surface area (Å²) in [7, 11) is 0. The van der Waals surface area contributed by atoms with Crippen LogP contribution < -0.4 is 10.1 Å². The molecule has 0 aliphatic carbocycles. The van der Waals surface area contributed by atoms with Crippen molar-refractivity contribution in [3.8, 4) is 5.75 Å². The average Bonchev–Trinajstić information content (AvgIpc) is 2.13. The maximum Gasteiger partial charge on any atom is 0.138 e. The first-order chi connectivity index (χ1) is 7.38. The number of hydrogen-bond acceptors (Lipinski definition) is 2. The molecule has 2 nitrogen and oxygen atoms in total. The molecule has 1 rings (SSSR count). The van der Waals surface area contributed by atoms with Gasteiger partial charge in [0.2, 0.25) is 0 Å². The van der Waals surface area contributed by atoms with E-state index in [1.807, 2.05) is 18.2 Å². The van der Waals surface area contributed by atoms with Crippen molar-refractivity contribution in [2.24, 2.45) is 0 Å². The number of hydrogen-bond donors (Lipinski definition) is 1. The van der Waals surface area contributed by atoms with E-state index in [9.17, 15) is 0 Å². The molecular formula is C12H17BrClNO. The van der Waals surface area contributed by atoms with Gasteiger partial charge in [0.1, 0.15) is 12.4 Å². The Hall–Kier alpha value is -0.250. The van der Waals surface area contributed by atoms with Crippen LogP contribution in [0.5, 0.6) is 5.75 Å². The molecule has 0 spiro atoms. The first-order valence-corrected chi connectivity index (χ1v) is 6.38. The van der Waals surface area contributed by atoms with Gasteiger partial charge in [0.15, 0.2) is 0 Å². The van der Waals surface area contributed by atoms with Crippen LogP contribution in [-0.2, 0) is 0 Å². The summed E-state index contributed by atoms with van der Waals surface area (Å²) < 4.78 is 6.53. The Morgan fingerprint density at radius 2 is 2.06 bits per heavy atom. The number of halogens is 2. The first kappa shape index (κ1) is 13.8. The van der Waals surface area contributed by atoms with Gasteiger partial charge in [-0.15, -0.1) is 0 Å². The monoisotopic (exact) mass is 305 g/mol. The Morgan fingerprint density at radius 1 is 1.38 bits per heavy atom. The third-order valence-electron chi connectivity index (χ3n) is 1.91. The Bertz CT molecular complexity index is 349. The van der Waals surface area contributed by atoms with Gasteiger partial charge in [-0.1, -0.05) is 27.5 Å². The van der Waals surface area contributed by atoms with E-state index in [1.54, 1.807) is 0 Å². The van der Waals surface area contributed by atoms with Crippen molar-refractivity contribution < 1.29 is 4.74 Å². The Morgan fingerprint density at radius 3 is 2.62 bits per heavy atom. The molecule has 0 saturated heterocycles. The third kappa shape index (κ3) is 5.19. The average molecular weight is 307 g/mol. The van der Waals surface area contributed by atoms with Gasteiger partial charge in [0, 0.05) is 16.6 Å². The van der Waals surface area contributed by atoms with Crippen LogP contribution in [-0.4, -0.2) is 18.7 Å². The highest BCUT2D eigenvalue weighted by Crippen LogP contribution is 2.27. The van der Waals surface area contributed by atoms with Gasteiger partial charge >= 0.3 is 0 Å². The van der Waals surface area contributed by atoms with Crippen molar-refractivity contribution in [3.05, 3.63) is 27.7 Å². The Kier molecular flexibility index (Phi) is 5.09. The minimum atomic E-state index is 0.118. The maximum atomic E-state index is 6.02. The maximum absolute atomic E-state index is 6.02. The molecule has 16 heavy (non-hydrogen) atoms. The molecule has 90 valence electrons. The van der Waals surface area contributed by atoms with Gasteiger partial charge in [-0.05, 0) is 39.0 Å². The van der Waals surface area contributed by atoms with E-state index in [4.69, 9.17) is 16.3 Å². The molecule has 0 bridgehead atoms. The molecule has 0 radical (unpaired) electrons. The van der Waals surface area contributed by atoms with E-state index in [0.29, 0.717) is 11.6 Å². The lowest BCUT2D eigenvalue weighted by atomic mass is 10.1. The van der Waals surface area contributed by atoms with Crippen molar-refractivity contribution in [1.29, 1.82) is 0 Å². The fraction of sp³-hybridized carbons (Fsp3) is 0.500. The van der Waals surface area contributed by atoms with E-state index in [-0.39, 0.29) is 5.54 Å².